The first kappa shape index (κ1) is 22.2. The molecular formula is C21H27N3O5S. The van der Waals surface area contributed by atoms with Crippen molar-refractivity contribution in [1.29, 1.82) is 0 Å². The second-order valence-corrected chi connectivity index (χ2v) is 8.92. The van der Waals surface area contributed by atoms with Gasteiger partial charge in [-0.2, -0.15) is 0 Å². The smallest absolute Gasteiger partial charge is 0.253 e. The van der Waals surface area contributed by atoms with Gasteiger partial charge >= 0.3 is 0 Å². The number of sulfonamides is 1. The third kappa shape index (κ3) is 5.57. The maximum atomic E-state index is 13.0. The number of nitrogens with two attached hydrogens (primary N) is 1. The highest BCUT2D eigenvalue weighted by molar-refractivity contribution is 7.89. The van der Waals surface area contributed by atoms with E-state index in [9.17, 15) is 18.3 Å². The van der Waals surface area contributed by atoms with Gasteiger partial charge in [0, 0.05) is 24.8 Å². The molecule has 1 aliphatic rings. The Kier molecular flexibility index (Phi) is 7.09. The normalized spacial score (nSPS) is 16.7. The lowest BCUT2D eigenvalue weighted by Gasteiger charge is -2.30. The standard InChI is InChI=1S/C21H27N3O5S/c1-15(13-20(25)16-5-3-2-4-6-16)23-21(26)18-14-17(30(22,27)28)7-8-19(18)24-9-11-29-12-10-24/h2-8,14-15,20,25H,9-13H2,1H3,(H,23,26)(H2,22,27,28)/t15-,20-/m0/s1. The zero-order valence-corrected chi connectivity index (χ0v) is 17.6. The van der Waals surface area contributed by atoms with Gasteiger partial charge in [-0.3, -0.25) is 4.79 Å². The highest BCUT2D eigenvalue weighted by Crippen LogP contribution is 2.25. The largest absolute Gasteiger partial charge is 0.388 e. The Morgan fingerprint density at radius 2 is 1.87 bits per heavy atom. The van der Waals surface area contributed by atoms with Crippen molar-refractivity contribution >= 4 is 21.6 Å². The zero-order chi connectivity index (χ0) is 21.7. The zero-order valence-electron chi connectivity index (χ0n) is 16.8. The third-order valence-corrected chi connectivity index (χ3v) is 5.94. The number of nitrogens with zero attached hydrogens (tertiary/aromatic N) is 1. The van der Waals surface area contributed by atoms with Crippen LogP contribution in [0.1, 0.15) is 35.4 Å². The summed E-state index contributed by atoms with van der Waals surface area (Å²) in [5.41, 5.74) is 1.62. The molecule has 0 aliphatic carbocycles. The number of carbonyl (C=O) groups is 1. The number of nitrogens with one attached hydrogen (secondary N) is 1. The van der Waals surface area contributed by atoms with E-state index in [1.165, 1.54) is 12.1 Å². The first-order chi connectivity index (χ1) is 14.3. The number of aliphatic hydroxyl groups is 1. The van der Waals surface area contributed by atoms with Crippen LogP contribution in [-0.4, -0.2) is 51.8 Å². The van der Waals surface area contributed by atoms with Crippen LogP contribution >= 0.6 is 0 Å². The molecule has 1 saturated heterocycles. The lowest BCUT2D eigenvalue weighted by molar-refractivity contribution is 0.0915. The number of benzene rings is 2. The predicted molar refractivity (Wildman–Crippen MR) is 114 cm³/mol. The Morgan fingerprint density at radius 1 is 1.20 bits per heavy atom. The van der Waals surface area contributed by atoms with Crippen LogP contribution in [0.3, 0.4) is 0 Å². The van der Waals surface area contributed by atoms with Gasteiger partial charge in [-0.05, 0) is 37.1 Å². The number of hydrogen-bond acceptors (Lipinski definition) is 6. The summed E-state index contributed by atoms with van der Waals surface area (Å²) in [6.45, 7) is 4.03. The van der Waals surface area contributed by atoms with Gasteiger partial charge in [0.05, 0.1) is 29.8 Å². The Morgan fingerprint density at radius 3 is 2.50 bits per heavy atom. The van der Waals surface area contributed by atoms with E-state index in [4.69, 9.17) is 9.88 Å². The number of carbonyl (C=O) groups excluding carboxylic acids is 1. The fraction of sp³-hybridized carbons (Fsp3) is 0.381. The quantitative estimate of drug-likeness (QED) is 0.607. The highest BCUT2D eigenvalue weighted by atomic mass is 32.2. The number of primary sulfonamides is 1. The van der Waals surface area contributed by atoms with Crippen molar-refractivity contribution in [3.05, 3.63) is 59.7 Å². The molecule has 1 aliphatic heterocycles. The fourth-order valence-electron chi connectivity index (χ4n) is 3.46. The molecule has 1 heterocycles. The SMILES string of the molecule is C[C@@H](C[C@H](O)c1ccccc1)NC(=O)c1cc(S(N)(=O)=O)ccc1N1CCOCC1. The molecule has 0 aromatic heterocycles. The summed E-state index contributed by atoms with van der Waals surface area (Å²) in [4.78, 5) is 14.9. The maximum absolute atomic E-state index is 13.0. The summed E-state index contributed by atoms with van der Waals surface area (Å²) in [5, 5.41) is 18.5. The number of ether oxygens (including phenoxy) is 1. The summed E-state index contributed by atoms with van der Waals surface area (Å²) in [7, 11) is -3.95. The predicted octanol–water partition coefficient (Wildman–Crippen LogP) is 1.41. The van der Waals surface area contributed by atoms with Gasteiger partial charge in [0.2, 0.25) is 10.0 Å². The highest BCUT2D eigenvalue weighted by Gasteiger charge is 2.23. The second-order valence-electron chi connectivity index (χ2n) is 7.36. The molecule has 1 amide bonds. The van der Waals surface area contributed by atoms with E-state index in [-0.39, 0.29) is 16.5 Å². The molecule has 3 rings (SSSR count). The molecule has 0 saturated carbocycles. The molecule has 4 N–H and O–H groups in total. The van der Waals surface area contributed by atoms with Crippen molar-refractivity contribution < 1.29 is 23.1 Å². The molecule has 0 bridgehead atoms. The molecular weight excluding hydrogens is 406 g/mol. The van der Waals surface area contributed by atoms with E-state index in [1.54, 1.807) is 13.0 Å². The van der Waals surface area contributed by atoms with Gasteiger partial charge in [-0.15, -0.1) is 0 Å². The van der Waals surface area contributed by atoms with Crippen LogP contribution in [0, 0.1) is 0 Å². The third-order valence-electron chi connectivity index (χ3n) is 5.03. The van der Waals surface area contributed by atoms with Crippen molar-refractivity contribution in [3.63, 3.8) is 0 Å². The van der Waals surface area contributed by atoms with Crippen LogP contribution in [0.15, 0.2) is 53.4 Å². The van der Waals surface area contributed by atoms with E-state index >= 15 is 0 Å². The second kappa shape index (κ2) is 9.57. The van der Waals surface area contributed by atoms with Crippen LogP contribution in [0.4, 0.5) is 5.69 Å². The first-order valence-electron chi connectivity index (χ1n) is 9.79. The topological polar surface area (TPSA) is 122 Å². The van der Waals surface area contributed by atoms with E-state index in [2.05, 4.69) is 5.32 Å². The number of anilines is 1. The molecule has 2 aromatic rings. The number of amides is 1. The van der Waals surface area contributed by atoms with Crippen LogP contribution < -0.4 is 15.4 Å². The summed E-state index contributed by atoms with van der Waals surface area (Å²) in [6.07, 6.45) is -0.409. The first-order valence-corrected chi connectivity index (χ1v) is 11.3. The molecule has 9 heteroatoms. The van der Waals surface area contributed by atoms with Gasteiger partial charge in [0.15, 0.2) is 0 Å². The van der Waals surface area contributed by atoms with Gasteiger partial charge < -0.3 is 20.1 Å². The van der Waals surface area contributed by atoms with Gasteiger partial charge in [0.25, 0.3) is 5.91 Å². The van der Waals surface area contributed by atoms with Gasteiger partial charge in [-0.1, -0.05) is 30.3 Å². The number of hydrogen-bond donors (Lipinski definition) is 3. The van der Waals surface area contributed by atoms with E-state index < -0.39 is 22.0 Å². The summed E-state index contributed by atoms with van der Waals surface area (Å²) in [5.74, 6) is -0.422. The minimum Gasteiger partial charge on any atom is -0.388 e. The van der Waals surface area contributed by atoms with E-state index in [0.29, 0.717) is 38.4 Å². The number of aliphatic hydroxyl groups excluding tert-OH is 1. The van der Waals surface area contributed by atoms with E-state index in [1.807, 2.05) is 35.2 Å². The molecule has 2 aromatic carbocycles. The Labute approximate surface area is 176 Å². The van der Waals surface area contributed by atoms with Crippen LogP contribution in [0.2, 0.25) is 0 Å². The monoisotopic (exact) mass is 433 g/mol. The van der Waals surface area contributed by atoms with Crippen molar-refractivity contribution in [2.45, 2.75) is 30.4 Å². The Hall–Kier alpha value is -2.46. The fourth-order valence-corrected chi connectivity index (χ4v) is 4.00. The lowest BCUT2D eigenvalue weighted by atomic mass is 10.0. The molecule has 0 unspecified atom stereocenters. The molecule has 162 valence electrons. The van der Waals surface area contributed by atoms with Crippen LogP contribution in [0.5, 0.6) is 0 Å². The number of rotatable bonds is 7. The van der Waals surface area contributed by atoms with E-state index in [0.717, 1.165) is 5.56 Å². The van der Waals surface area contributed by atoms with Crippen molar-refractivity contribution in [1.82, 2.24) is 5.32 Å². The summed E-state index contributed by atoms with van der Waals surface area (Å²) >= 11 is 0. The molecule has 1 fully saturated rings. The molecule has 30 heavy (non-hydrogen) atoms. The summed E-state index contributed by atoms with van der Waals surface area (Å²) in [6, 6.07) is 13.2. The van der Waals surface area contributed by atoms with Crippen molar-refractivity contribution in [3.8, 4) is 0 Å². The minimum atomic E-state index is -3.95. The molecule has 2 atom stereocenters. The maximum Gasteiger partial charge on any atom is 0.253 e. The average Bonchev–Trinajstić information content (AvgIpc) is 2.73. The molecule has 8 nitrogen and oxygen atoms in total. The Balaban J connectivity index is 1.80. The minimum absolute atomic E-state index is 0.123. The van der Waals surface area contributed by atoms with Crippen molar-refractivity contribution in [2.75, 3.05) is 31.2 Å². The molecule has 0 radical (unpaired) electrons. The Bertz CT molecular complexity index is 975. The van der Waals surface area contributed by atoms with Gasteiger partial charge in [-0.25, -0.2) is 13.6 Å². The number of morpholine rings is 1. The van der Waals surface area contributed by atoms with Crippen molar-refractivity contribution in [2.24, 2.45) is 5.14 Å². The molecule has 0 spiro atoms. The summed E-state index contributed by atoms with van der Waals surface area (Å²) < 4.78 is 29.0. The average molecular weight is 434 g/mol. The van der Waals surface area contributed by atoms with Crippen LogP contribution in [0.25, 0.3) is 0 Å². The van der Waals surface area contributed by atoms with Gasteiger partial charge in [0.1, 0.15) is 0 Å². The lowest BCUT2D eigenvalue weighted by Crippen LogP contribution is -2.39. The van der Waals surface area contributed by atoms with Crippen LogP contribution in [-0.2, 0) is 14.8 Å².